The topological polar surface area (TPSA) is 67.4 Å². The molecular weight excluding hydrogens is 324 g/mol. The maximum absolute atomic E-state index is 11.9. The molecule has 1 aliphatic heterocycles. The predicted molar refractivity (Wildman–Crippen MR) is 92.5 cm³/mol. The van der Waals surface area contributed by atoms with Crippen molar-refractivity contribution in [1.82, 2.24) is 4.72 Å². The van der Waals surface area contributed by atoms with Gasteiger partial charge in [0.15, 0.2) is 0 Å². The highest BCUT2D eigenvalue weighted by Gasteiger charge is 2.35. The number of sulfonamides is 1. The Kier molecular flexibility index (Phi) is 6.12. The van der Waals surface area contributed by atoms with Crippen LogP contribution in [0.3, 0.4) is 0 Å². The number of hydrogen-bond acceptors (Lipinski definition) is 4. The molecule has 1 aromatic rings. The fraction of sp³-hybridized carbons (Fsp3) is 0.600. The first-order valence-corrected chi connectivity index (χ1v) is 8.98. The number of halogens is 1. The number of ether oxygens (including phenoxy) is 1. The zero-order valence-corrected chi connectivity index (χ0v) is 15.1. The van der Waals surface area contributed by atoms with Gasteiger partial charge in [-0.05, 0) is 45.9 Å². The zero-order chi connectivity index (χ0) is 15.7. The minimum atomic E-state index is -3.26. The van der Waals surface area contributed by atoms with Crippen molar-refractivity contribution in [2.75, 3.05) is 17.6 Å². The Hall–Kier alpha value is -0.980. The van der Waals surface area contributed by atoms with Crippen molar-refractivity contribution in [3.63, 3.8) is 0 Å². The highest BCUT2D eigenvalue weighted by Crippen LogP contribution is 2.41. The number of nitrogens with one attached hydrogen (secondary N) is 2. The second-order valence-electron chi connectivity index (χ2n) is 5.92. The van der Waals surface area contributed by atoms with E-state index in [1.165, 1.54) is 0 Å². The molecule has 0 aromatic heterocycles. The summed E-state index contributed by atoms with van der Waals surface area (Å²) in [5, 5.41) is 3.24. The molecule has 0 aliphatic carbocycles. The average Bonchev–Trinajstić information content (AvgIpc) is 2.38. The molecular formula is C15H25ClN2O3S. The van der Waals surface area contributed by atoms with Gasteiger partial charge in [-0.1, -0.05) is 0 Å². The van der Waals surface area contributed by atoms with Crippen molar-refractivity contribution in [3.8, 4) is 5.75 Å². The van der Waals surface area contributed by atoms with Gasteiger partial charge in [0.1, 0.15) is 11.4 Å². The molecule has 1 atom stereocenters. The summed E-state index contributed by atoms with van der Waals surface area (Å²) in [5.41, 5.74) is 1.47. The lowest BCUT2D eigenvalue weighted by atomic mass is 9.90. The molecule has 0 spiro atoms. The second kappa shape index (κ2) is 7.06. The monoisotopic (exact) mass is 348 g/mol. The Balaban J connectivity index is 0.00000242. The van der Waals surface area contributed by atoms with Gasteiger partial charge in [-0.2, -0.15) is 0 Å². The van der Waals surface area contributed by atoms with Crippen LogP contribution in [0.25, 0.3) is 0 Å². The molecule has 1 unspecified atom stereocenters. The van der Waals surface area contributed by atoms with Gasteiger partial charge >= 0.3 is 0 Å². The Labute approximate surface area is 139 Å². The largest absolute Gasteiger partial charge is 0.487 e. The number of rotatable bonds is 5. The Bertz CT molecular complexity index is 617. The summed E-state index contributed by atoms with van der Waals surface area (Å²) in [6.45, 7) is 8.43. The van der Waals surface area contributed by atoms with E-state index < -0.39 is 15.6 Å². The molecule has 0 radical (unpaired) electrons. The van der Waals surface area contributed by atoms with Gasteiger partial charge in [0.2, 0.25) is 10.0 Å². The minimum absolute atomic E-state index is 0. The van der Waals surface area contributed by atoms with E-state index >= 15 is 0 Å². The molecule has 0 saturated heterocycles. The molecule has 0 bridgehead atoms. The summed E-state index contributed by atoms with van der Waals surface area (Å²) in [4.78, 5) is 0. The third-order valence-electron chi connectivity index (χ3n) is 3.55. The predicted octanol–water partition coefficient (Wildman–Crippen LogP) is 3.08. The van der Waals surface area contributed by atoms with Crippen molar-refractivity contribution in [3.05, 3.63) is 23.8 Å². The average molecular weight is 349 g/mol. The SMILES string of the molecule is CCNc1ccc2c(c1)C(NS(=O)(=O)CC)CC(C)(C)O2.Cl. The quantitative estimate of drug-likeness (QED) is 0.858. The van der Waals surface area contributed by atoms with Crippen molar-refractivity contribution in [1.29, 1.82) is 0 Å². The second-order valence-corrected chi connectivity index (χ2v) is 7.97. The van der Waals surface area contributed by atoms with E-state index in [1.807, 2.05) is 39.0 Å². The summed E-state index contributed by atoms with van der Waals surface area (Å²) in [6, 6.07) is 5.57. The van der Waals surface area contributed by atoms with Crippen molar-refractivity contribution < 1.29 is 13.2 Å². The molecule has 0 saturated carbocycles. The van der Waals surface area contributed by atoms with Crippen LogP contribution in [0.2, 0.25) is 0 Å². The van der Waals surface area contributed by atoms with E-state index in [9.17, 15) is 8.42 Å². The summed E-state index contributed by atoms with van der Waals surface area (Å²) in [7, 11) is -3.26. The summed E-state index contributed by atoms with van der Waals surface area (Å²) in [5.74, 6) is 0.823. The summed E-state index contributed by atoms with van der Waals surface area (Å²) >= 11 is 0. The van der Waals surface area contributed by atoms with Gasteiger partial charge in [0, 0.05) is 24.2 Å². The Morgan fingerprint density at radius 3 is 2.59 bits per heavy atom. The minimum Gasteiger partial charge on any atom is -0.487 e. The van der Waals surface area contributed by atoms with Crippen LogP contribution in [-0.4, -0.2) is 26.3 Å². The molecule has 5 nitrogen and oxygen atoms in total. The first kappa shape index (κ1) is 19.1. The van der Waals surface area contributed by atoms with Gasteiger partial charge in [-0.3, -0.25) is 0 Å². The Morgan fingerprint density at radius 2 is 2.00 bits per heavy atom. The number of benzene rings is 1. The molecule has 0 amide bonds. The molecule has 22 heavy (non-hydrogen) atoms. The van der Waals surface area contributed by atoms with Crippen LogP contribution in [-0.2, 0) is 10.0 Å². The lowest BCUT2D eigenvalue weighted by Crippen LogP contribution is -2.41. The fourth-order valence-corrected chi connectivity index (χ4v) is 3.38. The van der Waals surface area contributed by atoms with Gasteiger partial charge in [0.05, 0.1) is 11.8 Å². The van der Waals surface area contributed by atoms with Gasteiger partial charge in [-0.15, -0.1) is 12.4 Å². The van der Waals surface area contributed by atoms with E-state index in [-0.39, 0.29) is 24.2 Å². The summed E-state index contributed by atoms with van der Waals surface area (Å²) in [6.07, 6.45) is 0.606. The normalized spacial score (nSPS) is 19.5. The molecule has 126 valence electrons. The van der Waals surface area contributed by atoms with Crippen molar-refractivity contribution in [2.45, 2.75) is 45.8 Å². The van der Waals surface area contributed by atoms with Gasteiger partial charge < -0.3 is 10.1 Å². The molecule has 2 rings (SSSR count). The standard InChI is InChI=1S/C15H24N2O3S.ClH/c1-5-16-11-7-8-14-12(9-11)13(10-15(3,4)20-14)17-21(18,19)6-2;/h7-9,13,16-17H,5-6,10H2,1-4H3;1H. The van der Waals surface area contributed by atoms with E-state index in [4.69, 9.17) is 4.74 Å². The highest BCUT2D eigenvalue weighted by molar-refractivity contribution is 7.89. The van der Waals surface area contributed by atoms with E-state index in [1.54, 1.807) is 6.92 Å². The first-order valence-electron chi connectivity index (χ1n) is 7.33. The van der Waals surface area contributed by atoms with Crippen LogP contribution in [0.4, 0.5) is 5.69 Å². The third kappa shape index (κ3) is 4.51. The van der Waals surface area contributed by atoms with Gasteiger partial charge in [0.25, 0.3) is 0 Å². The van der Waals surface area contributed by atoms with Crippen molar-refractivity contribution >= 4 is 28.1 Å². The van der Waals surface area contributed by atoms with Crippen LogP contribution < -0.4 is 14.8 Å². The molecule has 2 N–H and O–H groups in total. The number of anilines is 1. The molecule has 1 aliphatic rings. The molecule has 0 fully saturated rings. The van der Waals surface area contributed by atoms with Crippen molar-refractivity contribution in [2.24, 2.45) is 0 Å². The highest BCUT2D eigenvalue weighted by atomic mass is 35.5. The first-order chi connectivity index (χ1) is 9.76. The molecule has 1 aromatic carbocycles. The number of fused-ring (bicyclic) bond motifs is 1. The van der Waals surface area contributed by atoms with E-state index in [0.717, 1.165) is 23.5 Å². The third-order valence-corrected chi connectivity index (χ3v) is 4.95. The van der Waals surface area contributed by atoms with Crippen LogP contribution in [0, 0.1) is 0 Å². The van der Waals surface area contributed by atoms with E-state index in [2.05, 4.69) is 10.0 Å². The van der Waals surface area contributed by atoms with Crippen LogP contribution in [0.5, 0.6) is 5.75 Å². The van der Waals surface area contributed by atoms with E-state index in [0.29, 0.717) is 6.42 Å². The van der Waals surface area contributed by atoms with Crippen LogP contribution in [0.15, 0.2) is 18.2 Å². The molecule has 1 heterocycles. The zero-order valence-electron chi connectivity index (χ0n) is 13.5. The summed E-state index contributed by atoms with van der Waals surface area (Å²) < 4.78 is 32.6. The van der Waals surface area contributed by atoms with Crippen LogP contribution >= 0.6 is 12.4 Å². The van der Waals surface area contributed by atoms with Gasteiger partial charge in [-0.25, -0.2) is 13.1 Å². The van der Waals surface area contributed by atoms with Crippen LogP contribution in [0.1, 0.15) is 45.7 Å². The lowest BCUT2D eigenvalue weighted by molar-refractivity contribution is 0.0702. The lowest BCUT2D eigenvalue weighted by Gasteiger charge is -2.38. The maximum Gasteiger partial charge on any atom is 0.211 e. The maximum atomic E-state index is 11.9. The smallest absolute Gasteiger partial charge is 0.211 e. The molecule has 7 heteroatoms. The fourth-order valence-electron chi connectivity index (χ4n) is 2.57. The number of hydrogen-bond donors (Lipinski definition) is 2. The Morgan fingerprint density at radius 1 is 1.32 bits per heavy atom.